The maximum Gasteiger partial charge on any atom is 0.434 e. The standard InChI is InChI=1S/C22H20F3N7O4S/c1-3-5-35-18-12(6-11(8-28-18)17-31-32-21(34)36-17)14-9-27-16(30-20(33)26-4-2)7-13(14)19-29-15(10-37-19)22(23,24)25/h6-10H,3-5H2,1-2H3,(H,32,34)(H2,26,27,30,33). The molecular formula is C22H20F3N7O4S. The van der Waals surface area contributed by atoms with Gasteiger partial charge in [-0.2, -0.15) is 13.2 Å². The number of ether oxygens (including phenoxy) is 1. The second kappa shape index (κ2) is 10.8. The molecule has 0 aliphatic carbocycles. The number of hydrogen-bond acceptors (Lipinski definition) is 9. The zero-order valence-corrected chi connectivity index (χ0v) is 20.3. The largest absolute Gasteiger partial charge is 0.477 e. The Kier molecular flexibility index (Phi) is 7.52. The Labute approximate surface area is 211 Å². The molecule has 0 fully saturated rings. The van der Waals surface area contributed by atoms with E-state index in [1.807, 2.05) is 6.92 Å². The van der Waals surface area contributed by atoms with Crippen LogP contribution in [0.15, 0.2) is 39.1 Å². The molecule has 4 aromatic heterocycles. The van der Waals surface area contributed by atoms with Crippen molar-refractivity contribution < 1.29 is 27.1 Å². The number of aromatic amines is 1. The van der Waals surface area contributed by atoms with Crippen molar-refractivity contribution in [1.82, 2.24) is 30.5 Å². The van der Waals surface area contributed by atoms with Crippen molar-refractivity contribution >= 4 is 23.2 Å². The van der Waals surface area contributed by atoms with Gasteiger partial charge in [0.1, 0.15) is 10.8 Å². The number of alkyl halides is 3. The summed E-state index contributed by atoms with van der Waals surface area (Å²) in [4.78, 5) is 35.8. The van der Waals surface area contributed by atoms with Gasteiger partial charge in [0.25, 0.3) is 5.89 Å². The molecule has 0 unspecified atom stereocenters. The topological polar surface area (TPSA) is 148 Å². The number of nitrogens with zero attached hydrogens (tertiary/aromatic N) is 4. The van der Waals surface area contributed by atoms with Crippen LogP contribution in [0, 0.1) is 0 Å². The van der Waals surface area contributed by atoms with Crippen molar-refractivity contribution in [3.8, 4) is 39.0 Å². The zero-order chi connectivity index (χ0) is 26.6. The summed E-state index contributed by atoms with van der Waals surface area (Å²) in [5, 5.41) is 12.0. The summed E-state index contributed by atoms with van der Waals surface area (Å²) in [6.45, 7) is 4.30. The van der Waals surface area contributed by atoms with Crippen molar-refractivity contribution in [3.63, 3.8) is 0 Å². The Morgan fingerprint density at radius 2 is 1.97 bits per heavy atom. The van der Waals surface area contributed by atoms with E-state index in [0.717, 1.165) is 16.7 Å². The van der Waals surface area contributed by atoms with E-state index in [1.165, 1.54) is 18.5 Å². The number of urea groups is 1. The van der Waals surface area contributed by atoms with E-state index < -0.39 is 23.7 Å². The highest BCUT2D eigenvalue weighted by atomic mass is 32.1. The Bertz CT molecular complexity index is 1460. The highest BCUT2D eigenvalue weighted by molar-refractivity contribution is 7.13. The van der Waals surface area contributed by atoms with Crippen molar-refractivity contribution in [2.45, 2.75) is 26.4 Å². The minimum absolute atomic E-state index is 0.0295. The molecule has 0 radical (unpaired) electrons. The van der Waals surface area contributed by atoms with Gasteiger partial charge in [0.05, 0.1) is 12.2 Å². The zero-order valence-electron chi connectivity index (χ0n) is 19.5. The van der Waals surface area contributed by atoms with Crippen molar-refractivity contribution in [1.29, 1.82) is 0 Å². The molecule has 37 heavy (non-hydrogen) atoms. The predicted octanol–water partition coefficient (Wildman–Crippen LogP) is 4.56. The van der Waals surface area contributed by atoms with E-state index in [0.29, 0.717) is 36.3 Å². The highest BCUT2D eigenvalue weighted by Crippen LogP contribution is 2.41. The van der Waals surface area contributed by atoms with Gasteiger partial charge in [0.15, 0.2) is 5.69 Å². The van der Waals surface area contributed by atoms with Gasteiger partial charge in [-0.15, -0.1) is 16.4 Å². The van der Waals surface area contributed by atoms with Crippen molar-refractivity contribution in [2.75, 3.05) is 18.5 Å². The Morgan fingerprint density at radius 1 is 1.16 bits per heavy atom. The monoisotopic (exact) mass is 535 g/mol. The van der Waals surface area contributed by atoms with E-state index in [9.17, 15) is 22.8 Å². The lowest BCUT2D eigenvalue weighted by Gasteiger charge is -2.15. The SMILES string of the molecule is CCCOc1ncc(-c2n[nH]c(=O)o2)cc1-c1cnc(NC(=O)NCC)cc1-c1nc(C(F)(F)F)cs1. The molecule has 0 aliphatic rings. The number of carbonyl (C=O) groups excluding carboxylic acids is 1. The summed E-state index contributed by atoms with van der Waals surface area (Å²) >= 11 is 0.778. The van der Waals surface area contributed by atoms with Gasteiger partial charge in [-0.25, -0.2) is 29.6 Å². The van der Waals surface area contributed by atoms with E-state index in [-0.39, 0.29) is 28.2 Å². The van der Waals surface area contributed by atoms with E-state index >= 15 is 0 Å². The van der Waals surface area contributed by atoms with Crippen LogP contribution in [0.4, 0.5) is 23.8 Å². The van der Waals surface area contributed by atoms with Crippen LogP contribution in [-0.2, 0) is 6.18 Å². The molecule has 15 heteroatoms. The van der Waals surface area contributed by atoms with Gasteiger partial charge in [0, 0.05) is 41.0 Å². The fraction of sp³-hybridized carbons (Fsp3) is 0.273. The number of rotatable bonds is 8. The van der Waals surface area contributed by atoms with Gasteiger partial charge in [-0.05, 0) is 25.5 Å². The first-order chi connectivity index (χ1) is 17.7. The molecule has 0 saturated carbocycles. The summed E-state index contributed by atoms with van der Waals surface area (Å²) in [6, 6.07) is 2.44. The first kappa shape index (κ1) is 25.8. The smallest absolute Gasteiger partial charge is 0.434 e. The fourth-order valence-corrected chi connectivity index (χ4v) is 4.05. The molecule has 4 aromatic rings. The average molecular weight is 536 g/mol. The lowest BCUT2D eigenvalue weighted by Crippen LogP contribution is -2.28. The van der Waals surface area contributed by atoms with Crippen molar-refractivity contribution in [2.24, 2.45) is 0 Å². The summed E-state index contributed by atoms with van der Waals surface area (Å²) in [5.41, 5.74) is 0.158. The van der Waals surface area contributed by atoms with Gasteiger partial charge in [-0.1, -0.05) is 6.92 Å². The van der Waals surface area contributed by atoms with Crippen LogP contribution in [0.3, 0.4) is 0 Å². The number of H-pyrrole nitrogens is 1. The highest BCUT2D eigenvalue weighted by Gasteiger charge is 2.34. The van der Waals surface area contributed by atoms with Gasteiger partial charge >= 0.3 is 18.0 Å². The third-order valence-electron chi connectivity index (χ3n) is 4.78. The van der Waals surface area contributed by atoms with E-state index in [2.05, 4.69) is 35.8 Å². The molecule has 3 N–H and O–H groups in total. The number of thiazole rings is 1. The molecule has 0 aromatic carbocycles. The van der Waals surface area contributed by atoms with Crippen LogP contribution in [0.2, 0.25) is 0 Å². The van der Waals surface area contributed by atoms with Crippen molar-refractivity contribution in [3.05, 3.63) is 46.2 Å². The van der Waals surface area contributed by atoms with Gasteiger partial charge in [-0.3, -0.25) is 5.32 Å². The summed E-state index contributed by atoms with van der Waals surface area (Å²) < 4.78 is 50.7. The minimum atomic E-state index is -4.64. The van der Waals surface area contributed by atoms with Crippen LogP contribution >= 0.6 is 11.3 Å². The lowest BCUT2D eigenvalue weighted by atomic mass is 10.0. The first-order valence-electron chi connectivity index (χ1n) is 11.0. The normalized spacial score (nSPS) is 11.4. The Morgan fingerprint density at radius 3 is 2.62 bits per heavy atom. The summed E-state index contributed by atoms with van der Waals surface area (Å²) in [6.07, 6.45) is -1.22. The molecule has 4 heterocycles. The molecule has 0 atom stereocenters. The number of carbonyl (C=O) groups is 1. The number of nitrogens with one attached hydrogen (secondary N) is 3. The molecule has 2 amide bonds. The van der Waals surface area contributed by atoms with Gasteiger partial charge < -0.3 is 14.5 Å². The molecule has 0 aliphatic heterocycles. The number of aromatic nitrogens is 5. The third kappa shape index (κ3) is 5.94. The second-order valence-corrected chi connectivity index (χ2v) is 8.34. The molecule has 194 valence electrons. The van der Waals surface area contributed by atoms with E-state index in [4.69, 9.17) is 9.15 Å². The van der Waals surface area contributed by atoms with Crippen LogP contribution in [0.25, 0.3) is 33.2 Å². The number of anilines is 1. The third-order valence-corrected chi connectivity index (χ3v) is 5.65. The molecule has 0 bridgehead atoms. The number of halogens is 3. The number of pyridine rings is 2. The maximum absolute atomic E-state index is 13.3. The maximum atomic E-state index is 13.3. The Hall–Kier alpha value is -4.27. The Balaban J connectivity index is 1.89. The number of amides is 2. The molecule has 0 saturated heterocycles. The second-order valence-electron chi connectivity index (χ2n) is 7.48. The lowest BCUT2D eigenvalue weighted by molar-refractivity contribution is -0.140. The molecule has 4 rings (SSSR count). The minimum Gasteiger partial charge on any atom is -0.477 e. The average Bonchev–Trinajstić information content (AvgIpc) is 3.52. The van der Waals surface area contributed by atoms with Crippen LogP contribution in [0.1, 0.15) is 26.0 Å². The predicted molar refractivity (Wildman–Crippen MR) is 128 cm³/mol. The van der Waals surface area contributed by atoms with Crippen LogP contribution in [0.5, 0.6) is 5.88 Å². The van der Waals surface area contributed by atoms with E-state index in [1.54, 1.807) is 13.0 Å². The first-order valence-corrected chi connectivity index (χ1v) is 11.8. The van der Waals surface area contributed by atoms with Gasteiger partial charge in [0.2, 0.25) is 5.88 Å². The fourth-order valence-electron chi connectivity index (χ4n) is 3.19. The number of hydrogen-bond donors (Lipinski definition) is 3. The van der Waals surface area contributed by atoms with Crippen LogP contribution in [-0.4, -0.2) is 44.3 Å². The quantitative estimate of drug-likeness (QED) is 0.297. The molecule has 11 nitrogen and oxygen atoms in total. The van der Waals surface area contributed by atoms with Crippen LogP contribution < -0.4 is 21.1 Å². The molecular weight excluding hydrogens is 515 g/mol. The summed E-state index contributed by atoms with van der Waals surface area (Å²) in [7, 11) is 0. The molecule has 0 spiro atoms. The summed E-state index contributed by atoms with van der Waals surface area (Å²) in [5.74, 6) is -0.553.